The van der Waals surface area contributed by atoms with Crippen LogP contribution in [0.15, 0.2) is 42.5 Å². The van der Waals surface area contributed by atoms with Crippen molar-refractivity contribution in [1.29, 1.82) is 0 Å². The van der Waals surface area contributed by atoms with E-state index >= 15 is 0 Å². The van der Waals surface area contributed by atoms with E-state index in [1.54, 1.807) is 0 Å². The predicted octanol–water partition coefficient (Wildman–Crippen LogP) is 3.71. The highest BCUT2D eigenvalue weighted by Gasteiger charge is 2.23. The van der Waals surface area contributed by atoms with Crippen molar-refractivity contribution in [3.05, 3.63) is 59.2 Å². The lowest BCUT2D eigenvalue weighted by molar-refractivity contribution is -0.128. The van der Waals surface area contributed by atoms with Gasteiger partial charge in [-0.1, -0.05) is 32.0 Å². The standard InChI is InChI=1S/C24H28N2O4/c1-16(2)23(19-9-10-20-21(14-19)30-13-12-29-20)25-24(28)18-7-5-17(6-8-18)15-26-11-3-4-22(26)27/h5-10,14,16,23H,3-4,11-13,15H2,1-2H3,(H,25,28)/t23-/m0/s1. The third-order valence-electron chi connectivity index (χ3n) is 5.64. The monoisotopic (exact) mass is 408 g/mol. The zero-order chi connectivity index (χ0) is 21.1. The Labute approximate surface area is 177 Å². The molecule has 0 unspecified atom stereocenters. The molecule has 2 heterocycles. The van der Waals surface area contributed by atoms with Crippen LogP contribution >= 0.6 is 0 Å². The molecule has 0 spiro atoms. The zero-order valence-electron chi connectivity index (χ0n) is 17.5. The van der Waals surface area contributed by atoms with Gasteiger partial charge in [0.05, 0.1) is 6.04 Å². The molecule has 4 rings (SSSR count). The van der Waals surface area contributed by atoms with E-state index in [0.717, 1.165) is 35.6 Å². The summed E-state index contributed by atoms with van der Waals surface area (Å²) in [6.45, 7) is 6.66. The maximum absolute atomic E-state index is 12.9. The molecule has 1 atom stereocenters. The van der Waals surface area contributed by atoms with E-state index < -0.39 is 0 Å². The second-order valence-corrected chi connectivity index (χ2v) is 8.21. The zero-order valence-corrected chi connectivity index (χ0v) is 17.5. The van der Waals surface area contributed by atoms with Crippen molar-refractivity contribution in [3.8, 4) is 11.5 Å². The minimum Gasteiger partial charge on any atom is -0.486 e. The quantitative estimate of drug-likeness (QED) is 0.791. The van der Waals surface area contributed by atoms with Gasteiger partial charge in [0.15, 0.2) is 11.5 Å². The van der Waals surface area contributed by atoms with Crippen LogP contribution in [0, 0.1) is 5.92 Å². The van der Waals surface area contributed by atoms with E-state index in [-0.39, 0.29) is 23.8 Å². The highest BCUT2D eigenvalue weighted by atomic mass is 16.6. The highest BCUT2D eigenvalue weighted by molar-refractivity contribution is 5.94. The Hall–Kier alpha value is -3.02. The smallest absolute Gasteiger partial charge is 0.251 e. The molecule has 0 saturated carbocycles. The van der Waals surface area contributed by atoms with Crippen molar-refractivity contribution in [2.24, 2.45) is 5.92 Å². The minimum atomic E-state index is -0.143. The summed E-state index contributed by atoms with van der Waals surface area (Å²) < 4.78 is 11.3. The normalized spacial score (nSPS) is 16.6. The van der Waals surface area contributed by atoms with Crippen LogP contribution in [0.25, 0.3) is 0 Å². The first-order chi connectivity index (χ1) is 14.5. The second kappa shape index (κ2) is 8.78. The van der Waals surface area contributed by atoms with E-state index in [0.29, 0.717) is 31.7 Å². The van der Waals surface area contributed by atoms with Gasteiger partial charge < -0.3 is 19.7 Å². The maximum atomic E-state index is 12.9. The Kier molecular flexibility index (Phi) is 5.93. The van der Waals surface area contributed by atoms with Crippen LogP contribution in [0.2, 0.25) is 0 Å². The summed E-state index contributed by atoms with van der Waals surface area (Å²) in [6.07, 6.45) is 1.56. The van der Waals surface area contributed by atoms with Crippen molar-refractivity contribution in [3.63, 3.8) is 0 Å². The van der Waals surface area contributed by atoms with Gasteiger partial charge in [0, 0.05) is 25.1 Å². The number of amides is 2. The molecule has 6 heteroatoms. The van der Waals surface area contributed by atoms with Crippen molar-refractivity contribution >= 4 is 11.8 Å². The number of nitrogens with one attached hydrogen (secondary N) is 1. The summed E-state index contributed by atoms with van der Waals surface area (Å²) in [5.74, 6) is 1.76. The minimum absolute atomic E-state index is 0.118. The van der Waals surface area contributed by atoms with Crippen LogP contribution in [0.5, 0.6) is 11.5 Å². The van der Waals surface area contributed by atoms with E-state index in [4.69, 9.17) is 9.47 Å². The van der Waals surface area contributed by atoms with Gasteiger partial charge in [-0.05, 0) is 47.7 Å². The fourth-order valence-corrected chi connectivity index (χ4v) is 3.97. The molecule has 0 bridgehead atoms. The SMILES string of the molecule is CC(C)[C@H](NC(=O)c1ccc(CN2CCCC2=O)cc1)c1ccc2c(c1)OCCO2. The fraction of sp³-hybridized carbons (Fsp3) is 0.417. The molecule has 1 saturated heterocycles. The molecule has 2 amide bonds. The molecule has 0 aromatic heterocycles. The average Bonchev–Trinajstić information content (AvgIpc) is 3.16. The molecule has 158 valence electrons. The molecule has 6 nitrogen and oxygen atoms in total. The van der Waals surface area contributed by atoms with Gasteiger partial charge in [0.25, 0.3) is 5.91 Å². The van der Waals surface area contributed by atoms with Crippen LogP contribution in [0.3, 0.4) is 0 Å². The third kappa shape index (κ3) is 4.42. The summed E-state index contributed by atoms with van der Waals surface area (Å²) in [7, 11) is 0. The molecule has 2 aliphatic heterocycles. The van der Waals surface area contributed by atoms with E-state index in [9.17, 15) is 9.59 Å². The van der Waals surface area contributed by atoms with Crippen molar-refractivity contribution in [1.82, 2.24) is 10.2 Å². The third-order valence-corrected chi connectivity index (χ3v) is 5.64. The number of benzene rings is 2. The molecule has 2 aliphatic rings. The number of fused-ring (bicyclic) bond motifs is 1. The molecule has 0 aliphatic carbocycles. The van der Waals surface area contributed by atoms with Gasteiger partial charge in [-0.3, -0.25) is 9.59 Å². The van der Waals surface area contributed by atoms with Crippen LogP contribution < -0.4 is 14.8 Å². The first-order valence-electron chi connectivity index (χ1n) is 10.6. The number of hydrogen-bond donors (Lipinski definition) is 1. The lowest BCUT2D eigenvalue weighted by atomic mass is 9.95. The second-order valence-electron chi connectivity index (χ2n) is 8.21. The molecule has 2 aromatic carbocycles. The van der Waals surface area contributed by atoms with Crippen molar-refractivity contribution in [2.75, 3.05) is 19.8 Å². The van der Waals surface area contributed by atoms with Crippen LogP contribution in [0.4, 0.5) is 0 Å². The Bertz CT molecular complexity index is 923. The average molecular weight is 408 g/mol. The van der Waals surface area contributed by atoms with E-state index in [1.165, 1.54) is 0 Å². The number of rotatable bonds is 6. The molecular weight excluding hydrogens is 380 g/mol. The summed E-state index contributed by atoms with van der Waals surface area (Å²) in [5, 5.41) is 3.16. The molecular formula is C24H28N2O4. The number of ether oxygens (including phenoxy) is 2. The first kappa shape index (κ1) is 20.3. The van der Waals surface area contributed by atoms with Gasteiger partial charge in [-0.25, -0.2) is 0 Å². The topological polar surface area (TPSA) is 67.9 Å². The summed E-state index contributed by atoms with van der Waals surface area (Å²) in [4.78, 5) is 26.6. The van der Waals surface area contributed by atoms with Crippen LogP contribution in [0.1, 0.15) is 54.2 Å². The lowest BCUT2D eigenvalue weighted by Crippen LogP contribution is -2.32. The predicted molar refractivity (Wildman–Crippen MR) is 114 cm³/mol. The number of nitrogens with zero attached hydrogens (tertiary/aromatic N) is 1. The molecule has 1 fully saturated rings. The molecule has 30 heavy (non-hydrogen) atoms. The first-order valence-corrected chi connectivity index (χ1v) is 10.6. The number of likely N-dealkylation sites (tertiary alicyclic amines) is 1. The largest absolute Gasteiger partial charge is 0.486 e. The summed E-state index contributed by atoms with van der Waals surface area (Å²) in [6, 6.07) is 13.2. The molecule has 1 N–H and O–H groups in total. The fourth-order valence-electron chi connectivity index (χ4n) is 3.97. The van der Waals surface area contributed by atoms with Crippen molar-refractivity contribution < 1.29 is 19.1 Å². The van der Waals surface area contributed by atoms with Crippen LogP contribution in [-0.4, -0.2) is 36.5 Å². The van der Waals surface area contributed by atoms with E-state index in [1.807, 2.05) is 47.4 Å². The van der Waals surface area contributed by atoms with Crippen LogP contribution in [-0.2, 0) is 11.3 Å². The highest BCUT2D eigenvalue weighted by Crippen LogP contribution is 2.34. The van der Waals surface area contributed by atoms with Gasteiger partial charge in [-0.2, -0.15) is 0 Å². The van der Waals surface area contributed by atoms with Gasteiger partial charge >= 0.3 is 0 Å². The van der Waals surface area contributed by atoms with Gasteiger partial charge in [0.2, 0.25) is 5.91 Å². The van der Waals surface area contributed by atoms with Gasteiger partial charge in [-0.15, -0.1) is 0 Å². The Balaban J connectivity index is 1.45. The Morgan fingerprint density at radius 2 is 1.80 bits per heavy atom. The summed E-state index contributed by atoms with van der Waals surface area (Å²) in [5.41, 5.74) is 2.63. The Morgan fingerprint density at radius 3 is 2.47 bits per heavy atom. The van der Waals surface area contributed by atoms with Gasteiger partial charge in [0.1, 0.15) is 13.2 Å². The lowest BCUT2D eigenvalue weighted by Gasteiger charge is -2.25. The molecule has 2 aromatic rings. The Morgan fingerprint density at radius 1 is 1.07 bits per heavy atom. The maximum Gasteiger partial charge on any atom is 0.251 e. The van der Waals surface area contributed by atoms with E-state index in [2.05, 4.69) is 19.2 Å². The number of carbonyl (C=O) groups is 2. The number of hydrogen-bond acceptors (Lipinski definition) is 4. The molecule has 0 radical (unpaired) electrons. The number of carbonyl (C=O) groups excluding carboxylic acids is 2. The summed E-state index contributed by atoms with van der Waals surface area (Å²) >= 11 is 0. The van der Waals surface area contributed by atoms with Crippen molar-refractivity contribution in [2.45, 2.75) is 39.3 Å².